The Morgan fingerprint density at radius 3 is 2.69 bits per heavy atom. The molecular formula is C17H21N5O4. The minimum atomic E-state index is -0.435. The third-order valence-corrected chi connectivity index (χ3v) is 4.26. The number of ether oxygens (including phenoxy) is 1. The maximum absolute atomic E-state index is 12.9. The van der Waals surface area contributed by atoms with Crippen molar-refractivity contribution in [3.05, 3.63) is 44.9 Å². The summed E-state index contributed by atoms with van der Waals surface area (Å²) in [4.78, 5) is 41.7. The average Bonchev–Trinajstić information content (AvgIpc) is 3.10. The van der Waals surface area contributed by atoms with Crippen molar-refractivity contribution in [2.45, 2.75) is 33.9 Å². The summed E-state index contributed by atoms with van der Waals surface area (Å²) in [7, 11) is 1.57. The number of fused-ring (bicyclic) bond motifs is 3. The molecule has 0 aliphatic rings. The number of aryl methyl sites for hydroxylation is 2. The number of hydrogen-bond acceptors (Lipinski definition) is 5. The molecule has 3 aromatic rings. The molecule has 9 nitrogen and oxygen atoms in total. The molecule has 0 atom stereocenters. The standard InChI is InChI=1S/C17H21N5O4/c1-5-7-8-20-15(24)13-14(19(4)17(20)25)18-16-21(10-12(23)26-6-2)11(3)9-22(13)16/h5,7,9H,6,8,10H2,1-4H3/b7-5+. The Balaban J connectivity index is 2.30. The first kappa shape index (κ1) is 17.7. The van der Waals surface area contributed by atoms with E-state index in [2.05, 4.69) is 4.98 Å². The molecule has 9 heteroatoms. The van der Waals surface area contributed by atoms with Gasteiger partial charge in [-0.25, -0.2) is 4.79 Å². The van der Waals surface area contributed by atoms with Gasteiger partial charge in [0.25, 0.3) is 5.56 Å². The molecule has 0 saturated carbocycles. The summed E-state index contributed by atoms with van der Waals surface area (Å²) in [6.45, 7) is 5.84. The van der Waals surface area contributed by atoms with Gasteiger partial charge in [0.1, 0.15) is 6.54 Å². The largest absolute Gasteiger partial charge is 0.465 e. The second-order valence-electron chi connectivity index (χ2n) is 5.94. The van der Waals surface area contributed by atoms with Gasteiger partial charge in [0.05, 0.1) is 6.61 Å². The highest BCUT2D eigenvalue weighted by Crippen LogP contribution is 2.16. The van der Waals surface area contributed by atoms with Gasteiger partial charge in [-0.05, 0) is 20.8 Å². The van der Waals surface area contributed by atoms with E-state index < -0.39 is 11.2 Å². The first-order chi connectivity index (χ1) is 12.4. The van der Waals surface area contributed by atoms with E-state index in [9.17, 15) is 14.4 Å². The van der Waals surface area contributed by atoms with Gasteiger partial charge in [0.15, 0.2) is 11.2 Å². The molecular weight excluding hydrogens is 338 g/mol. The quantitative estimate of drug-likeness (QED) is 0.491. The minimum absolute atomic E-state index is 0.0137. The predicted molar refractivity (Wildman–Crippen MR) is 96.4 cm³/mol. The zero-order valence-corrected chi connectivity index (χ0v) is 15.2. The molecule has 0 radical (unpaired) electrons. The Bertz CT molecular complexity index is 1140. The zero-order chi connectivity index (χ0) is 19.0. The van der Waals surface area contributed by atoms with Crippen LogP contribution in [0.15, 0.2) is 27.9 Å². The third-order valence-electron chi connectivity index (χ3n) is 4.26. The van der Waals surface area contributed by atoms with Gasteiger partial charge in [-0.15, -0.1) is 0 Å². The van der Waals surface area contributed by atoms with Gasteiger partial charge in [-0.2, -0.15) is 4.98 Å². The summed E-state index contributed by atoms with van der Waals surface area (Å²) in [5.41, 5.74) is 0.495. The van der Waals surface area contributed by atoms with Crippen LogP contribution in [0.5, 0.6) is 0 Å². The van der Waals surface area contributed by atoms with Gasteiger partial charge in [0.2, 0.25) is 5.78 Å². The number of aromatic nitrogens is 5. The first-order valence-electron chi connectivity index (χ1n) is 8.35. The summed E-state index contributed by atoms with van der Waals surface area (Å²) in [5, 5.41) is 0. The van der Waals surface area contributed by atoms with Crippen molar-refractivity contribution in [2.24, 2.45) is 7.05 Å². The fourth-order valence-electron chi connectivity index (χ4n) is 2.96. The molecule has 3 aromatic heterocycles. The van der Waals surface area contributed by atoms with Crippen LogP contribution in [0.25, 0.3) is 16.9 Å². The SMILES string of the molecule is C/C=C/Cn1c(=O)c2c(nc3n(CC(=O)OCC)c(C)cn23)n(C)c1=O. The van der Waals surface area contributed by atoms with Crippen molar-refractivity contribution < 1.29 is 9.53 Å². The number of esters is 1. The number of carbonyl (C=O) groups is 1. The highest BCUT2D eigenvalue weighted by Gasteiger charge is 2.20. The van der Waals surface area contributed by atoms with Crippen molar-refractivity contribution in [3.8, 4) is 0 Å². The highest BCUT2D eigenvalue weighted by molar-refractivity contribution is 5.77. The molecule has 26 heavy (non-hydrogen) atoms. The van der Waals surface area contributed by atoms with E-state index in [1.807, 2.05) is 13.8 Å². The summed E-state index contributed by atoms with van der Waals surface area (Å²) < 4.78 is 10.8. The first-order valence-corrected chi connectivity index (χ1v) is 8.35. The lowest BCUT2D eigenvalue weighted by Gasteiger charge is -2.06. The maximum Gasteiger partial charge on any atom is 0.332 e. The number of nitrogens with zero attached hydrogens (tertiary/aromatic N) is 5. The van der Waals surface area contributed by atoms with E-state index in [0.717, 1.165) is 10.3 Å². The van der Waals surface area contributed by atoms with Gasteiger partial charge in [-0.1, -0.05) is 12.2 Å². The summed E-state index contributed by atoms with van der Waals surface area (Å²) in [6, 6.07) is 0. The molecule has 3 heterocycles. The Hall–Kier alpha value is -3.10. The van der Waals surface area contributed by atoms with Gasteiger partial charge < -0.3 is 9.30 Å². The molecule has 0 aliphatic carbocycles. The number of allylic oxidation sites excluding steroid dienone is 2. The lowest BCUT2D eigenvalue weighted by atomic mass is 10.4. The van der Waals surface area contributed by atoms with Crippen LogP contribution in [0.4, 0.5) is 0 Å². The van der Waals surface area contributed by atoms with Gasteiger partial charge in [-0.3, -0.25) is 23.1 Å². The van der Waals surface area contributed by atoms with Crippen LogP contribution in [-0.4, -0.2) is 35.7 Å². The van der Waals surface area contributed by atoms with Crippen LogP contribution in [-0.2, 0) is 29.7 Å². The lowest BCUT2D eigenvalue weighted by molar-refractivity contribution is -0.143. The Kier molecular flexibility index (Phi) is 4.54. The molecule has 0 aromatic carbocycles. The van der Waals surface area contributed by atoms with Gasteiger partial charge >= 0.3 is 11.7 Å². The predicted octanol–water partition coefficient (Wildman–Crippen LogP) is 0.597. The van der Waals surface area contributed by atoms with Crippen LogP contribution in [0.1, 0.15) is 19.5 Å². The number of rotatable bonds is 5. The molecule has 3 rings (SSSR count). The summed E-state index contributed by atoms with van der Waals surface area (Å²) in [5.74, 6) is 0.0292. The molecule has 138 valence electrons. The smallest absolute Gasteiger partial charge is 0.332 e. The van der Waals surface area contributed by atoms with E-state index in [0.29, 0.717) is 11.3 Å². The van der Waals surface area contributed by atoms with Crippen LogP contribution in [0.3, 0.4) is 0 Å². The molecule has 0 fully saturated rings. The lowest BCUT2D eigenvalue weighted by Crippen LogP contribution is -2.39. The number of hydrogen-bond donors (Lipinski definition) is 0. The Morgan fingerprint density at radius 1 is 1.31 bits per heavy atom. The van der Waals surface area contributed by atoms with Crippen molar-refractivity contribution >= 4 is 22.9 Å². The van der Waals surface area contributed by atoms with Crippen LogP contribution in [0, 0.1) is 6.92 Å². The molecule has 0 amide bonds. The molecule has 0 aliphatic heterocycles. The van der Waals surface area contributed by atoms with Crippen LogP contribution < -0.4 is 11.2 Å². The summed E-state index contributed by atoms with van der Waals surface area (Å²) in [6.07, 6.45) is 5.25. The molecule has 0 bridgehead atoms. The highest BCUT2D eigenvalue weighted by atomic mass is 16.5. The second kappa shape index (κ2) is 6.66. The topological polar surface area (TPSA) is 92.5 Å². The third kappa shape index (κ3) is 2.65. The fourth-order valence-corrected chi connectivity index (χ4v) is 2.96. The molecule has 0 unspecified atom stereocenters. The maximum atomic E-state index is 12.9. The van der Waals surface area contributed by atoms with Crippen molar-refractivity contribution in [3.63, 3.8) is 0 Å². The van der Waals surface area contributed by atoms with E-state index >= 15 is 0 Å². The van der Waals surface area contributed by atoms with Crippen molar-refractivity contribution in [1.82, 2.24) is 23.1 Å². The van der Waals surface area contributed by atoms with Crippen molar-refractivity contribution in [1.29, 1.82) is 0 Å². The fraction of sp³-hybridized carbons (Fsp3) is 0.412. The average molecular weight is 359 g/mol. The molecule has 0 spiro atoms. The molecule has 0 saturated heterocycles. The normalized spacial score (nSPS) is 11.8. The number of imidazole rings is 2. The van der Waals surface area contributed by atoms with Crippen LogP contribution >= 0.6 is 0 Å². The summed E-state index contributed by atoms with van der Waals surface area (Å²) >= 11 is 0. The zero-order valence-electron chi connectivity index (χ0n) is 15.2. The monoisotopic (exact) mass is 359 g/mol. The second-order valence-corrected chi connectivity index (χ2v) is 5.94. The number of carbonyl (C=O) groups excluding carboxylic acids is 1. The van der Waals surface area contributed by atoms with Gasteiger partial charge in [0, 0.05) is 25.5 Å². The Morgan fingerprint density at radius 2 is 2.04 bits per heavy atom. The van der Waals surface area contributed by atoms with E-state index in [4.69, 9.17) is 4.74 Å². The van der Waals surface area contributed by atoms with Crippen molar-refractivity contribution in [2.75, 3.05) is 6.61 Å². The van der Waals surface area contributed by atoms with E-state index in [1.165, 1.54) is 4.57 Å². The Labute approximate surface area is 148 Å². The minimum Gasteiger partial charge on any atom is -0.465 e. The van der Waals surface area contributed by atoms with E-state index in [1.54, 1.807) is 41.3 Å². The van der Waals surface area contributed by atoms with E-state index in [-0.39, 0.29) is 31.3 Å². The molecule has 0 N–H and O–H groups in total. The van der Waals surface area contributed by atoms with Crippen LogP contribution in [0.2, 0.25) is 0 Å².